The lowest BCUT2D eigenvalue weighted by Crippen LogP contribution is -2.41. The Kier molecular flexibility index (Phi) is 8.78. The Hall–Kier alpha value is 0.210. The van der Waals surface area contributed by atoms with Gasteiger partial charge in [0.15, 0.2) is 5.12 Å². The van der Waals surface area contributed by atoms with Crippen molar-refractivity contribution in [3.05, 3.63) is 0 Å². The van der Waals surface area contributed by atoms with Gasteiger partial charge in [-0.05, 0) is 118 Å². The highest BCUT2D eigenvalue weighted by atomic mass is 32.2. The van der Waals surface area contributed by atoms with Gasteiger partial charge in [0.05, 0.1) is 25.4 Å². The van der Waals surface area contributed by atoms with Crippen molar-refractivity contribution in [2.75, 3.05) is 13.2 Å². The lowest BCUT2D eigenvalue weighted by atomic mass is 9.80. The molecule has 2 aliphatic heterocycles. The van der Waals surface area contributed by atoms with Crippen molar-refractivity contribution < 1.29 is 23.7 Å². The molecule has 7 heteroatoms. The third-order valence-electron chi connectivity index (χ3n) is 14.6. The van der Waals surface area contributed by atoms with E-state index in [2.05, 4.69) is 46.4 Å². The van der Waals surface area contributed by atoms with Crippen molar-refractivity contribution in [3.8, 4) is 0 Å². The van der Waals surface area contributed by atoms with Crippen LogP contribution < -0.4 is 0 Å². The van der Waals surface area contributed by atoms with E-state index in [1.165, 1.54) is 64.2 Å². The highest BCUT2D eigenvalue weighted by molar-refractivity contribution is 8.14. The molecule has 0 spiro atoms. The third-order valence-corrected chi connectivity index (χ3v) is 17.8. The van der Waals surface area contributed by atoms with E-state index >= 15 is 0 Å². The number of fused-ring (bicyclic) bond motifs is 11. The number of rotatable bonds is 11. The lowest BCUT2D eigenvalue weighted by Gasteiger charge is -2.34. The summed E-state index contributed by atoms with van der Waals surface area (Å²) in [4.78, 5) is 12.6. The van der Waals surface area contributed by atoms with Crippen molar-refractivity contribution in [3.63, 3.8) is 0 Å². The molecule has 2 saturated heterocycles. The Morgan fingerprint density at radius 2 is 1.20 bits per heavy atom. The number of carbonyl (C=O) groups excluding carboxylic acids is 1. The van der Waals surface area contributed by atoms with Crippen molar-refractivity contribution in [1.29, 1.82) is 0 Å². The summed E-state index contributed by atoms with van der Waals surface area (Å²) in [5.74, 6) is 6.61. The second-order valence-electron chi connectivity index (χ2n) is 16.7. The molecular weight excluding hydrogens is 589 g/mol. The number of thioether (sulfide) groups is 2. The van der Waals surface area contributed by atoms with E-state index in [4.69, 9.17) is 18.9 Å². The molecule has 44 heavy (non-hydrogen) atoms. The molecule has 4 bridgehead atoms. The molecule has 6 aliphatic carbocycles. The van der Waals surface area contributed by atoms with Crippen LogP contribution in [0.2, 0.25) is 0 Å². The Morgan fingerprint density at radius 3 is 1.73 bits per heavy atom. The Morgan fingerprint density at radius 1 is 0.705 bits per heavy atom. The highest BCUT2D eigenvalue weighted by Crippen LogP contribution is 2.63. The van der Waals surface area contributed by atoms with E-state index < -0.39 is 0 Å². The maximum Gasteiger partial charge on any atom is 0.191 e. The van der Waals surface area contributed by atoms with E-state index in [-0.39, 0.29) is 30.3 Å². The molecule has 0 aromatic rings. The Labute approximate surface area is 275 Å². The van der Waals surface area contributed by atoms with Gasteiger partial charge in [-0.1, -0.05) is 46.4 Å². The van der Waals surface area contributed by atoms with Gasteiger partial charge in [0, 0.05) is 21.2 Å². The van der Waals surface area contributed by atoms with Gasteiger partial charge in [-0.3, -0.25) is 4.79 Å². The van der Waals surface area contributed by atoms with Crippen LogP contribution in [0.3, 0.4) is 0 Å². The number of hydrogen-bond acceptors (Lipinski definition) is 7. The first-order chi connectivity index (χ1) is 21.3. The average molecular weight is 647 g/mol. The van der Waals surface area contributed by atoms with Crippen molar-refractivity contribution in [1.82, 2.24) is 0 Å². The summed E-state index contributed by atoms with van der Waals surface area (Å²) in [5, 5.41) is 1.77. The lowest BCUT2D eigenvalue weighted by molar-refractivity contribution is -0.114. The molecule has 248 valence electrons. The number of ether oxygens (including phenoxy) is 4. The molecule has 8 fully saturated rings. The predicted molar refractivity (Wildman–Crippen MR) is 178 cm³/mol. The second-order valence-corrected chi connectivity index (χ2v) is 19.9. The molecule has 0 N–H and O–H groups in total. The summed E-state index contributed by atoms with van der Waals surface area (Å²) >= 11 is 3.97. The molecular formula is C37H58O5S2. The van der Waals surface area contributed by atoms with Crippen LogP contribution in [0.15, 0.2) is 0 Å². The Bertz CT molecular complexity index is 1070. The topological polar surface area (TPSA) is 54.0 Å². The first-order valence-electron chi connectivity index (χ1n) is 18.7. The van der Waals surface area contributed by atoms with Crippen LogP contribution in [-0.2, 0) is 23.7 Å². The highest BCUT2D eigenvalue weighted by Gasteiger charge is 2.60. The predicted octanol–water partition coefficient (Wildman–Crippen LogP) is 7.78. The second kappa shape index (κ2) is 12.3. The van der Waals surface area contributed by atoms with Crippen molar-refractivity contribution >= 4 is 28.6 Å². The fraction of sp³-hybridized carbons (Fsp3) is 0.973. The summed E-state index contributed by atoms with van der Waals surface area (Å²) in [6, 6.07) is 0. The van der Waals surface area contributed by atoms with E-state index in [1.807, 2.05) is 0 Å². The van der Waals surface area contributed by atoms with Crippen LogP contribution in [0.25, 0.3) is 0 Å². The Balaban J connectivity index is 0.829. The first kappa shape index (κ1) is 31.5. The zero-order valence-corrected chi connectivity index (χ0v) is 29.5. The maximum atomic E-state index is 12.6. The smallest absolute Gasteiger partial charge is 0.191 e. The third kappa shape index (κ3) is 5.40. The maximum absolute atomic E-state index is 12.6. The standard InChI is InChI=1S/C37H58O5S2/c1-6-19(4)36(38)43-22-13-24-20-9-28(26(24)14-22)30(11-20)41-32-17-39-35-33(18-40-34(32)35)42-31-12-21-10-29(31)27-16-23(15-25(21)27)44-37(5,7-2)8-3/h19-35H,6-18H2,1-5H3. The zero-order valence-electron chi connectivity index (χ0n) is 27.9. The van der Waals surface area contributed by atoms with E-state index in [0.29, 0.717) is 46.5 Å². The van der Waals surface area contributed by atoms with E-state index in [0.717, 1.165) is 53.1 Å². The molecule has 17 unspecified atom stereocenters. The quantitative estimate of drug-likeness (QED) is 0.227. The number of carbonyl (C=O) groups is 1. The monoisotopic (exact) mass is 646 g/mol. The van der Waals surface area contributed by atoms with Gasteiger partial charge >= 0.3 is 0 Å². The van der Waals surface area contributed by atoms with Crippen LogP contribution in [0.5, 0.6) is 0 Å². The van der Waals surface area contributed by atoms with Gasteiger partial charge in [0.1, 0.15) is 24.4 Å². The molecule has 0 aromatic heterocycles. The molecule has 6 saturated carbocycles. The molecule has 5 nitrogen and oxygen atoms in total. The minimum atomic E-state index is 0.0225. The fourth-order valence-electron chi connectivity index (χ4n) is 11.8. The van der Waals surface area contributed by atoms with E-state index in [1.54, 1.807) is 11.8 Å². The zero-order chi connectivity index (χ0) is 30.3. The summed E-state index contributed by atoms with van der Waals surface area (Å²) in [6.45, 7) is 12.7. The molecule has 17 atom stereocenters. The molecule has 2 heterocycles. The van der Waals surface area contributed by atoms with Gasteiger partial charge in [-0.2, -0.15) is 11.8 Å². The molecule has 0 amide bonds. The van der Waals surface area contributed by atoms with E-state index in [9.17, 15) is 4.79 Å². The van der Waals surface area contributed by atoms with Crippen LogP contribution in [0.1, 0.15) is 105 Å². The molecule has 8 aliphatic rings. The van der Waals surface area contributed by atoms with Gasteiger partial charge in [0.2, 0.25) is 0 Å². The fourth-order valence-corrected chi connectivity index (χ4v) is 14.9. The van der Waals surface area contributed by atoms with Crippen LogP contribution >= 0.6 is 23.5 Å². The normalized spacial score (nSPS) is 50.8. The minimum Gasteiger partial charge on any atom is -0.370 e. The summed E-state index contributed by atoms with van der Waals surface area (Å²) in [6.07, 6.45) is 14.9. The van der Waals surface area contributed by atoms with Gasteiger partial charge < -0.3 is 18.9 Å². The van der Waals surface area contributed by atoms with Crippen LogP contribution in [-0.4, -0.2) is 70.2 Å². The minimum absolute atomic E-state index is 0.0225. The largest absolute Gasteiger partial charge is 0.370 e. The summed E-state index contributed by atoms with van der Waals surface area (Å²) in [5.41, 5.74) is 0. The molecule has 8 rings (SSSR count). The van der Waals surface area contributed by atoms with Gasteiger partial charge in [-0.15, -0.1) is 0 Å². The summed E-state index contributed by atoms with van der Waals surface area (Å²) in [7, 11) is 0. The van der Waals surface area contributed by atoms with Crippen LogP contribution in [0, 0.1) is 53.3 Å². The summed E-state index contributed by atoms with van der Waals surface area (Å²) < 4.78 is 27.2. The number of hydrogen-bond donors (Lipinski definition) is 0. The first-order valence-corrected chi connectivity index (χ1v) is 20.5. The molecule has 0 aromatic carbocycles. The van der Waals surface area contributed by atoms with Gasteiger partial charge in [0.25, 0.3) is 0 Å². The molecule has 0 radical (unpaired) electrons. The van der Waals surface area contributed by atoms with Crippen molar-refractivity contribution in [2.24, 2.45) is 53.3 Å². The average Bonchev–Trinajstić information content (AvgIpc) is 3.85. The van der Waals surface area contributed by atoms with Crippen LogP contribution in [0.4, 0.5) is 0 Å². The van der Waals surface area contributed by atoms with Crippen molar-refractivity contribution in [2.45, 2.75) is 157 Å². The SMILES string of the molecule is CCC(C)C(=O)SC1CC2C3CC(OC4COC5C(OC6CC7CC6C6CC(SC(C)(CC)CC)CC76)COC45)C(C3)C2C1. The van der Waals surface area contributed by atoms with Gasteiger partial charge in [-0.25, -0.2) is 0 Å².